The molecule has 0 saturated heterocycles. The van der Waals surface area contributed by atoms with Crippen LogP contribution in [-0.4, -0.2) is 47.5 Å². The summed E-state index contributed by atoms with van der Waals surface area (Å²) in [4.78, 5) is 2.35. The molecular weight excluding hydrogens is 240 g/mol. The largest absolute Gasteiger partial charge is 0.380 e. The molecule has 0 aliphatic rings. The first kappa shape index (κ1) is 16.1. The molecule has 110 valence electrons. The third-order valence-corrected chi connectivity index (χ3v) is 3.29. The molecule has 5 heteroatoms. The van der Waals surface area contributed by atoms with Crippen molar-refractivity contribution in [3.63, 3.8) is 0 Å². The van der Waals surface area contributed by atoms with E-state index < -0.39 is 0 Å². The Morgan fingerprint density at radius 2 is 2.21 bits per heavy atom. The highest BCUT2D eigenvalue weighted by Crippen LogP contribution is 2.18. The van der Waals surface area contributed by atoms with Gasteiger partial charge in [-0.05, 0) is 19.9 Å². The summed E-state index contributed by atoms with van der Waals surface area (Å²) in [5.41, 5.74) is 7.15. The Morgan fingerprint density at radius 1 is 1.42 bits per heavy atom. The van der Waals surface area contributed by atoms with Crippen molar-refractivity contribution in [3.8, 4) is 0 Å². The molecule has 0 fully saturated rings. The molecule has 1 aromatic heterocycles. The van der Waals surface area contributed by atoms with E-state index in [-0.39, 0.29) is 6.04 Å². The lowest BCUT2D eigenvalue weighted by Gasteiger charge is -2.28. The number of likely N-dealkylation sites (N-methyl/N-ethyl adjacent to an activating group) is 1. The van der Waals surface area contributed by atoms with E-state index in [1.807, 2.05) is 17.8 Å². The van der Waals surface area contributed by atoms with Gasteiger partial charge in [-0.15, -0.1) is 0 Å². The fourth-order valence-electron chi connectivity index (χ4n) is 2.26. The van der Waals surface area contributed by atoms with Gasteiger partial charge < -0.3 is 10.5 Å². The van der Waals surface area contributed by atoms with E-state index in [1.165, 1.54) is 5.56 Å². The molecule has 0 aromatic carbocycles. The van der Waals surface area contributed by atoms with Crippen LogP contribution in [0, 0.1) is 0 Å². The normalized spacial score (nSPS) is 13.1. The Balaban J connectivity index is 2.66. The highest BCUT2D eigenvalue weighted by atomic mass is 16.5. The summed E-state index contributed by atoms with van der Waals surface area (Å²) in [6, 6.07) is 0.232. The third kappa shape index (κ3) is 4.93. The van der Waals surface area contributed by atoms with Gasteiger partial charge in [0.05, 0.1) is 18.8 Å². The highest BCUT2D eigenvalue weighted by molar-refractivity contribution is 5.11. The number of hydrogen-bond acceptors (Lipinski definition) is 4. The number of ether oxygens (including phenoxy) is 1. The molecular formula is C14H28N4O. The van der Waals surface area contributed by atoms with Crippen molar-refractivity contribution in [1.29, 1.82) is 0 Å². The van der Waals surface area contributed by atoms with Gasteiger partial charge in [0, 0.05) is 38.0 Å². The average Bonchev–Trinajstić information content (AvgIpc) is 2.87. The second-order valence-corrected chi connectivity index (χ2v) is 4.61. The van der Waals surface area contributed by atoms with Gasteiger partial charge in [-0.1, -0.05) is 13.8 Å². The molecule has 0 saturated carbocycles. The smallest absolute Gasteiger partial charge is 0.0593 e. The van der Waals surface area contributed by atoms with E-state index in [9.17, 15) is 0 Å². The van der Waals surface area contributed by atoms with Crippen LogP contribution in [0.5, 0.6) is 0 Å². The Labute approximate surface area is 116 Å². The summed E-state index contributed by atoms with van der Waals surface area (Å²) in [5.74, 6) is 0. The lowest BCUT2D eigenvalue weighted by molar-refractivity contribution is 0.0980. The first-order valence-electron chi connectivity index (χ1n) is 7.30. The zero-order valence-corrected chi connectivity index (χ0v) is 12.5. The minimum Gasteiger partial charge on any atom is -0.380 e. The lowest BCUT2D eigenvalue weighted by atomic mass is 10.1. The maximum Gasteiger partial charge on any atom is 0.0593 e. The highest BCUT2D eigenvalue weighted by Gasteiger charge is 2.18. The van der Waals surface area contributed by atoms with Gasteiger partial charge in [0.15, 0.2) is 0 Å². The van der Waals surface area contributed by atoms with E-state index >= 15 is 0 Å². The Kier molecular flexibility index (Phi) is 7.70. The number of nitrogens with two attached hydrogens (primary N) is 1. The van der Waals surface area contributed by atoms with Crippen molar-refractivity contribution in [2.75, 3.05) is 32.8 Å². The first-order chi connectivity index (χ1) is 9.26. The zero-order valence-electron chi connectivity index (χ0n) is 12.5. The van der Waals surface area contributed by atoms with Crippen molar-refractivity contribution in [2.24, 2.45) is 5.73 Å². The predicted octanol–water partition coefficient (Wildman–Crippen LogP) is 1.65. The van der Waals surface area contributed by atoms with Crippen molar-refractivity contribution in [2.45, 2.75) is 39.8 Å². The summed E-state index contributed by atoms with van der Waals surface area (Å²) >= 11 is 0. The van der Waals surface area contributed by atoms with E-state index in [1.54, 1.807) is 0 Å². The maximum atomic E-state index is 5.95. The maximum absolute atomic E-state index is 5.95. The molecule has 1 rings (SSSR count). The molecule has 5 nitrogen and oxygen atoms in total. The summed E-state index contributed by atoms with van der Waals surface area (Å²) in [6.45, 7) is 11.3. The monoisotopic (exact) mass is 268 g/mol. The molecule has 0 spiro atoms. The molecule has 2 N–H and O–H groups in total. The van der Waals surface area contributed by atoms with Crippen LogP contribution < -0.4 is 5.73 Å². The van der Waals surface area contributed by atoms with Crippen molar-refractivity contribution in [1.82, 2.24) is 14.7 Å². The molecule has 1 aromatic rings. The van der Waals surface area contributed by atoms with Crippen LogP contribution in [0.15, 0.2) is 12.4 Å². The van der Waals surface area contributed by atoms with Gasteiger partial charge in [0.1, 0.15) is 0 Å². The van der Waals surface area contributed by atoms with Gasteiger partial charge in [-0.25, -0.2) is 0 Å². The van der Waals surface area contributed by atoms with Crippen LogP contribution in [0.25, 0.3) is 0 Å². The Morgan fingerprint density at radius 3 is 2.79 bits per heavy atom. The summed E-state index contributed by atoms with van der Waals surface area (Å²) in [6.07, 6.45) is 5.15. The van der Waals surface area contributed by atoms with Gasteiger partial charge in [-0.3, -0.25) is 9.58 Å². The topological polar surface area (TPSA) is 56.3 Å². The second-order valence-electron chi connectivity index (χ2n) is 4.61. The lowest BCUT2D eigenvalue weighted by Crippen LogP contribution is -2.36. The summed E-state index contributed by atoms with van der Waals surface area (Å²) in [7, 11) is 0. The van der Waals surface area contributed by atoms with Gasteiger partial charge in [0.25, 0.3) is 0 Å². The van der Waals surface area contributed by atoms with Crippen LogP contribution in [0.4, 0.5) is 0 Å². The average molecular weight is 268 g/mol. The Bertz CT molecular complexity index is 340. The number of rotatable bonds is 10. The number of nitrogens with zero attached hydrogens (tertiary/aromatic N) is 3. The number of aryl methyl sites for hydroxylation is 1. The summed E-state index contributed by atoms with van der Waals surface area (Å²) < 4.78 is 7.43. The first-order valence-corrected chi connectivity index (χ1v) is 7.30. The summed E-state index contributed by atoms with van der Waals surface area (Å²) in [5, 5.41) is 4.39. The molecule has 19 heavy (non-hydrogen) atoms. The fourth-order valence-corrected chi connectivity index (χ4v) is 2.26. The molecule has 0 amide bonds. The van der Waals surface area contributed by atoms with Crippen LogP contribution >= 0.6 is 0 Å². The minimum atomic E-state index is 0.232. The second kappa shape index (κ2) is 9.07. The van der Waals surface area contributed by atoms with Crippen LogP contribution in [-0.2, 0) is 11.3 Å². The molecule has 0 aliphatic heterocycles. The van der Waals surface area contributed by atoms with Gasteiger partial charge in [0.2, 0.25) is 0 Å². The SMILES string of the molecule is CCCn1cc(C(CN)N(CC)CCOCC)cn1. The number of aromatic nitrogens is 2. The van der Waals surface area contributed by atoms with Crippen LogP contribution in [0.1, 0.15) is 38.8 Å². The predicted molar refractivity (Wildman–Crippen MR) is 78.1 cm³/mol. The van der Waals surface area contributed by atoms with E-state index in [4.69, 9.17) is 10.5 Å². The molecule has 0 radical (unpaired) electrons. The van der Waals surface area contributed by atoms with E-state index in [0.29, 0.717) is 6.54 Å². The van der Waals surface area contributed by atoms with Gasteiger partial charge >= 0.3 is 0 Å². The van der Waals surface area contributed by atoms with Crippen molar-refractivity contribution >= 4 is 0 Å². The standard InChI is InChI=1S/C14H28N4O/c1-4-7-18-12-13(11-16-18)14(10-15)17(5-2)8-9-19-6-3/h11-12,14H,4-10,15H2,1-3H3. The van der Waals surface area contributed by atoms with Crippen molar-refractivity contribution in [3.05, 3.63) is 18.0 Å². The van der Waals surface area contributed by atoms with E-state index in [2.05, 4.69) is 30.0 Å². The molecule has 1 atom stereocenters. The van der Waals surface area contributed by atoms with E-state index in [0.717, 1.165) is 39.3 Å². The number of hydrogen-bond donors (Lipinski definition) is 1. The fraction of sp³-hybridized carbons (Fsp3) is 0.786. The van der Waals surface area contributed by atoms with Crippen molar-refractivity contribution < 1.29 is 4.74 Å². The molecule has 0 bridgehead atoms. The zero-order chi connectivity index (χ0) is 14.1. The Hall–Kier alpha value is -0.910. The third-order valence-electron chi connectivity index (χ3n) is 3.29. The van der Waals surface area contributed by atoms with Gasteiger partial charge in [-0.2, -0.15) is 5.10 Å². The van der Waals surface area contributed by atoms with Crippen LogP contribution in [0.2, 0.25) is 0 Å². The van der Waals surface area contributed by atoms with Crippen LogP contribution in [0.3, 0.4) is 0 Å². The molecule has 1 heterocycles. The quantitative estimate of drug-likeness (QED) is 0.656. The molecule has 1 unspecified atom stereocenters. The minimum absolute atomic E-state index is 0.232. The molecule has 0 aliphatic carbocycles.